The summed E-state index contributed by atoms with van der Waals surface area (Å²) in [6, 6.07) is 9.65. The number of nitrogens with one attached hydrogen (secondary N) is 1. The molecule has 130 valence electrons. The van der Waals surface area contributed by atoms with Crippen molar-refractivity contribution in [2.75, 3.05) is 5.32 Å². The van der Waals surface area contributed by atoms with Gasteiger partial charge in [0.1, 0.15) is 0 Å². The van der Waals surface area contributed by atoms with E-state index in [-0.39, 0.29) is 5.56 Å². The van der Waals surface area contributed by atoms with Gasteiger partial charge in [0.05, 0.1) is 20.8 Å². The van der Waals surface area contributed by atoms with E-state index < -0.39 is 17.6 Å². The Kier molecular flexibility index (Phi) is 4.76. The highest BCUT2D eigenvalue weighted by atomic mass is 32.1. The van der Waals surface area contributed by atoms with Gasteiger partial charge in [0.15, 0.2) is 0 Å². The lowest BCUT2D eigenvalue weighted by Crippen LogP contribution is -2.13. The van der Waals surface area contributed by atoms with Crippen molar-refractivity contribution in [3.05, 3.63) is 58.6 Å². The summed E-state index contributed by atoms with van der Waals surface area (Å²) in [6.07, 6.45) is -2.59. The molecule has 2 aromatic carbocycles. The van der Waals surface area contributed by atoms with E-state index in [0.29, 0.717) is 5.69 Å². The molecule has 0 bridgehead atoms. The zero-order chi connectivity index (χ0) is 18.0. The van der Waals surface area contributed by atoms with Crippen molar-refractivity contribution in [2.24, 2.45) is 0 Å². The molecule has 0 spiro atoms. The predicted molar refractivity (Wildman–Crippen MR) is 93.0 cm³/mol. The molecule has 0 fully saturated rings. The van der Waals surface area contributed by atoms with Gasteiger partial charge in [-0.1, -0.05) is 13.0 Å². The predicted octanol–water partition coefficient (Wildman–Crippen LogP) is 5.52. The molecule has 3 nitrogen and oxygen atoms in total. The number of carbonyl (C=O) groups is 1. The summed E-state index contributed by atoms with van der Waals surface area (Å²) >= 11 is 1.55. The van der Waals surface area contributed by atoms with Gasteiger partial charge in [-0.25, -0.2) is 4.98 Å². The highest BCUT2D eigenvalue weighted by Crippen LogP contribution is 2.30. The lowest BCUT2D eigenvalue weighted by atomic mass is 10.1. The van der Waals surface area contributed by atoms with E-state index in [2.05, 4.69) is 17.2 Å². The molecule has 3 aromatic rings. The Morgan fingerprint density at radius 3 is 2.72 bits per heavy atom. The second kappa shape index (κ2) is 6.84. The molecule has 0 aliphatic carbocycles. The zero-order valence-corrected chi connectivity index (χ0v) is 14.2. The molecule has 1 aromatic heterocycles. The van der Waals surface area contributed by atoms with Crippen LogP contribution in [-0.2, 0) is 12.6 Å². The van der Waals surface area contributed by atoms with Crippen LogP contribution < -0.4 is 5.32 Å². The van der Waals surface area contributed by atoms with Crippen LogP contribution in [0.3, 0.4) is 0 Å². The molecule has 0 saturated carbocycles. The molecule has 0 saturated heterocycles. The minimum atomic E-state index is -4.48. The molecule has 1 amide bonds. The minimum Gasteiger partial charge on any atom is -0.322 e. The molecule has 1 heterocycles. The highest BCUT2D eigenvalue weighted by molar-refractivity contribution is 7.18. The van der Waals surface area contributed by atoms with Crippen molar-refractivity contribution >= 4 is 33.1 Å². The van der Waals surface area contributed by atoms with Gasteiger partial charge >= 0.3 is 6.18 Å². The van der Waals surface area contributed by atoms with Gasteiger partial charge in [-0.3, -0.25) is 4.79 Å². The number of hydrogen-bond donors (Lipinski definition) is 1. The Bertz CT molecular complexity index is 918. The number of nitrogens with zero attached hydrogens (tertiary/aromatic N) is 1. The summed E-state index contributed by atoms with van der Waals surface area (Å²) in [5.41, 5.74) is 0.500. The van der Waals surface area contributed by atoms with Crippen molar-refractivity contribution in [1.29, 1.82) is 0 Å². The fourth-order valence-electron chi connectivity index (χ4n) is 2.41. The van der Waals surface area contributed by atoms with E-state index in [1.165, 1.54) is 12.1 Å². The van der Waals surface area contributed by atoms with Gasteiger partial charge in [-0.15, -0.1) is 11.3 Å². The number of hydrogen-bond acceptors (Lipinski definition) is 3. The maximum Gasteiger partial charge on any atom is 0.416 e. The average molecular weight is 364 g/mol. The van der Waals surface area contributed by atoms with Crippen molar-refractivity contribution in [3.8, 4) is 0 Å². The van der Waals surface area contributed by atoms with Gasteiger partial charge in [0, 0.05) is 11.3 Å². The molecule has 0 aliphatic heterocycles. The van der Waals surface area contributed by atoms with Crippen LogP contribution in [0.15, 0.2) is 42.5 Å². The Morgan fingerprint density at radius 1 is 1.20 bits per heavy atom. The van der Waals surface area contributed by atoms with Crippen LogP contribution in [0.5, 0.6) is 0 Å². The highest BCUT2D eigenvalue weighted by Gasteiger charge is 2.30. The number of thiazole rings is 1. The smallest absolute Gasteiger partial charge is 0.322 e. The van der Waals surface area contributed by atoms with Crippen LogP contribution in [0.2, 0.25) is 0 Å². The fourth-order valence-corrected chi connectivity index (χ4v) is 3.52. The standard InChI is InChI=1S/C18H15F3N2OS/c1-2-4-16-23-14-8-7-13(10-15(14)25-16)22-17(24)11-5-3-6-12(9-11)18(19,20)21/h3,5-10H,2,4H2,1H3,(H,22,24). The van der Waals surface area contributed by atoms with E-state index in [0.717, 1.165) is 40.2 Å². The van der Waals surface area contributed by atoms with Gasteiger partial charge in [0.2, 0.25) is 0 Å². The fraction of sp³-hybridized carbons (Fsp3) is 0.222. The summed E-state index contributed by atoms with van der Waals surface area (Å²) < 4.78 is 39.2. The van der Waals surface area contributed by atoms with E-state index in [1.54, 1.807) is 29.5 Å². The average Bonchev–Trinajstić information content (AvgIpc) is 2.96. The molecule has 1 N–H and O–H groups in total. The van der Waals surface area contributed by atoms with Gasteiger partial charge < -0.3 is 5.32 Å². The van der Waals surface area contributed by atoms with Crippen LogP contribution in [0, 0.1) is 0 Å². The van der Waals surface area contributed by atoms with Gasteiger partial charge in [0.25, 0.3) is 5.91 Å². The van der Waals surface area contributed by atoms with Crippen LogP contribution in [-0.4, -0.2) is 10.9 Å². The Hall–Kier alpha value is -2.41. The lowest BCUT2D eigenvalue weighted by molar-refractivity contribution is -0.137. The number of halogens is 3. The number of fused-ring (bicyclic) bond motifs is 1. The Morgan fingerprint density at radius 2 is 2.00 bits per heavy atom. The second-order valence-electron chi connectivity index (χ2n) is 5.57. The van der Waals surface area contributed by atoms with Gasteiger partial charge in [-0.2, -0.15) is 13.2 Å². The molecular weight excluding hydrogens is 349 g/mol. The van der Waals surface area contributed by atoms with E-state index in [4.69, 9.17) is 0 Å². The van der Waals surface area contributed by atoms with Crippen LogP contribution >= 0.6 is 11.3 Å². The van der Waals surface area contributed by atoms with Gasteiger partial charge in [-0.05, 0) is 49.2 Å². The summed E-state index contributed by atoms with van der Waals surface area (Å²) in [7, 11) is 0. The number of aromatic nitrogens is 1. The topological polar surface area (TPSA) is 42.0 Å². The quantitative estimate of drug-likeness (QED) is 0.662. The number of amides is 1. The first-order chi connectivity index (χ1) is 11.9. The number of anilines is 1. The van der Waals surface area contributed by atoms with Crippen LogP contribution in [0.1, 0.15) is 34.3 Å². The largest absolute Gasteiger partial charge is 0.416 e. The van der Waals surface area contributed by atoms with Crippen molar-refractivity contribution in [2.45, 2.75) is 25.9 Å². The minimum absolute atomic E-state index is 0.0362. The number of alkyl halides is 3. The van der Waals surface area contributed by atoms with E-state index in [9.17, 15) is 18.0 Å². The first kappa shape index (κ1) is 17.4. The monoisotopic (exact) mass is 364 g/mol. The number of benzene rings is 2. The van der Waals surface area contributed by atoms with Crippen molar-refractivity contribution in [3.63, 3.8) is 0 Å². The number of rotatable bonds is 4. The third kappa shape index (κ3) is 3.99. The molecule has 25 heavy (non-hydrogen) atoms. The molecule has 3 rings (SSSR count). The van der Waals surface area contributed by atoms with Crippen molar-refractivity contribution in [1.82, 2.24) is 4.98 Å². The molecule has 7 heteroatoms. The molecule has 0 atom stereocenters. The van der Waals surface area contributed by atoms with E-state index >= 15 is 0 Å². The summed E-state index contributed by atoms with van der Waals surface area (Å²) in [5, 5.41) is 3.67. The summed E-state index contributed by atoms with van der Waals surface area (Å²) in [6.45, 7) is 2.08. The first-order valence-electron chi connectivity index (χ1n) is 7.75. The molecule has 0 aliphatic rings. The zero-order valence-electron chi connectivity index (χ0n) is 13.4. The summed E-state index contributed by atoms with van der Waals surface area (Å²) in [4.78, 5) is 16.7. The van der Waals surface area contributed by atoms with Crippen molar-refractivity contribution < 1.29 is 18.0 Å². The molecular formula is C18H15F3N2OS. The maximum absolute atomic E-state index is 12.8. The lowest BCUT2D eigenvalue weighted by Gasteiger charge is -2.09. The number of carbonyl (C=O) groups excluding carboxylic acids is 1. The van der Waals surface area contributed by atoms with Crippen LogP contribution in [0.25, 0.3) is 10.2 Å². The Balaban J connectivity index is 1.82. The Labute approximate surface area is 146 Å². The molecule has 0 radical (unpaired) electrons. The third-order valence-corrected chi connectivity index (χ3v) is 4.68. The number of aryl methyl sites for hydroxylation is 1. The van der Waals surface area contributed by atoms with Crippen LogP contribution in [0.4, 0.5) is 18.9 Å². The second-order valence-corrected chi connectivity index (χ2v) is 6.69. The maximum atomic E-state index is 12.8. The van der Waals surface area contributed by atoms with E-state index in [1.807, 2.05) is 0 Å². The molecule has 0 unspecified atom stereocenters. The third-order valence-electron chi connectivity index (χ3n) is 3.61. The SMILES string of the molecule is CCCc1nc2ccc(NC(=O)c3cccc(C(F)(F)F)c3)cc2s1. The normalized spacial score (nSPS) is 11.7. The first-order valence-corrected chi connectivity index (χ1v) is 8.56. The summed E-state index contributed by atoms with van der Waals surface area (Å²) in [5.74, 6) is -0.580.